The average Bonchev–Trinajstić information content (AvgIpc) is 3.18. The fourth-order valence-corrected chi connectivity index (χ4v) is 4.35. The molecule has 1 aromatic carbocycles. The number of para-hydroxylation sites is 2. The Morgan fingerprint density at radius 3 is 2.82 bits per heavy atom. The number of imidazole rings is 1. The second-order valence-electron chi connectivity index (χ2n) is 8.77. The molecule has 1 fully saturated rings. The van der Waals surface area contributed by atoms with Crippen LogP contribution in [0, 0.1) is 17.4 Å². The molecule has 1 N–H and O–H groups in total. The van der Waals surface area contributed by atoms with Gasteiger partial charge in [-0.2, -0.15) is 0 Å². The smallest absolute Gasteiger partial charge is 0.385 e. The number of methoxy groups -OCH3 is 1. The van der Waals surface area contributed by atoms with Crippen molar-refractivity contribution < 1.29 is 19.1 Å². The molecule has 1 saturated heterocycles. The second kappa shape index (κ2) is 11.8. The van der Waals surface area contributed by atoms with Crippen molar-refractivity contribution in [3.8, 4) is 6.26 Å². The molecule has 178 valence electrons. The Hall–Kier alpha value is -2.96. The van der Waals surface area contributed by atoms with Gasteiger partial charge in [-0.15, -0.1) is 5.26 Å². The normalized spacial score (nSPS) is 17.2. The first-order valence-electron chi connectivity index (χ1n) is 11.6. The summed E-state index contributed by atoms with van der Waals surface area (Å²) in [6.07, 6.45) is 4.18. The number of hydrogen-bond acceptors (Lipinski definition) is 7. The third-order valence-corrected chi connectivity index (χ3v) is 6.03. The van der Waals surface area contributed by atoms with Gasteiger partial charge in [0.2, 0.25) is 5.78 Å². The van der Waals surface area contributed by atoms with Gasteiger partial charge >= 0.3 is 6.09 Å². The lowest BCUT2D eigenvalue weighted by Crippen LogP contribution is -2.54. The fraction of sp³-hybridized carbons (Fsp3) is 0.583. The molecule has 9 nitrogen and oxygen atoms in total. The Labute approximate surface area is 194 Å². The molecule has 0 bridgehead atoms. The summed E-state index contributed by atoms with van der Waals surface area (Å²) in [6, 6.07) is 7.28. The van der Waals surface area contributed by atoms with Gasteiger partial charge in [0, 0.05) is 39.4 Å². The first-order valence-corrected chi connectivity index (χ1v) is 11.6. The molecule has 1 aromatic heterocycles. The topological polar surface area (TPSA) is 109 Å². The average molecular weight is 456 g/mol. The number of benzene rings is 1. The first-order chi connectivity index (χ1) is 16.0. The van der Waals surface area contributed by atoms with Crippen molar-refractivity contribution in [3.05, 3.63) is 30.1 Å². The largest absolute Gasteiger partial charge is 0.425 e. The molecular formula is C24H33N5O4. The van der Waals surface area contributed by atoms with Crippen molar-refractivity contribution in [1.82, 2.24) is 19.8 Å². The molecule has 3 rings (SSSR count). The summed E-state index contributed by atoms with van der Waals surface area (Å²) in [5.41, 5.74) is 1.75. The number of aryl methyl sites for hydroxylation is 1. The summed E-state index contributed by atoms with van der Waals surface area (Å²) >= 11 is 0. The highest BCUT2D eigenvalue weighted by Crippen LogP contribution is 2.21. The minimum atomic E-state index is -0.644. The molecule has 2 heterocycles. The van der Waals surface area contributed by atoms with Crippen LogP contribution in [0.2, 0.25) is 0 Å². The Morgan fingerprint density at radius 1 is 1.30 bits per heavy atom. The summed E-state index contributed by atoms with van der Waals surface area (Å²) in [6.45, 7) is 6.31. The molecule has 2 atom stereocenters. The summed E-state index contributed by atoms with van der Waals surface area (Å²) in [7, 11) is 1.69. The summed E-state index contributed by atoms with van der Waals surface area (Å²) in [5.74, 6) is 0.432. The molecule has 2 unspecified atom stereocenters. The van der Waals surface area contributed by atoms with Crippen molar-refractivity contribution in [1.29, 1.82) is 5.26 Å². The predicted molar refractivity (Wildman–Crippen MR) is 124 cm³/mol. The van der Waals surface area contributed by atoms with Gasteiger partial charge in [0.25, 0.3) is 6.26 Å². The number of unbranched alkanes of at least 4 members (excludes halogenated alkanes) is 1. The quantitative estimate of drug-likeness (QED) is 0.332. The molecule has 0 aliphatic carbocycles. The number of nitrogens with zero attached hydrogens (tertiary/aromatic N) is 4. The molecule has 1 amide bonds. The van der Waals surface area contributed by atoms with Gasteiger partial charge in [-0.05, 0) is 43.7 Å². The van der Waals surface area contributed by atoms with Gasteiger partial charge in [-0.25, -0.2) is 9.78 Å². The van der Waals surface area contributed by atoms with Crippen molar-refractivity contribution in [3.63, 3.8) is 0 Å². The molecule has 33 heavy (non-hydrogen) atoms. The third kappa shape index (κ3) is 6.09. The van der Waals surface area contributed by atoms with E-state index in [0.717, 1.165) is 36.7 Å². The van der Waals surface area contributed by atoms with Crippen molar-refractivity contribution in [2.75, 3.05) is 26.8 Å². The molecule has 2 aromatic rings. The number of carbonyl (C=O) groups excluding carboxylic acids is 2. The van der Waals surface area contributed by atoms with E-state index in [0.29, 0.717) is 32.1 Å². The number of hydrogen-bond donors (Lipinski definition) is 1. The molecule has 1 aliphatic heterocycles. The number of aromatic nitrogens is 2. The summed E-state index contributed by atoms with van der Waals surface area (Å²) in [5, 5.41) is 12.1. The number of nitriles is 1. The number of nitrogens with one attached hydrogen (secondary N) is 1. The molecule has 9 heteroatoms. The van der Waals surface area contributed by atoms with Gasteiger partial charge in [-0.3, -0.25) is 4.79 Å². The van der Waals surface area contributed by atoms with Crippen LogP contribution in [0.5, 0.6) is 0 Å². The first kappa shape index (κ1) is 24.7. The predicted octanol–water partition coefficient (Wildman–Crippen LogP) is 3.34. The number of Topliss-reactive ketones (excluding diaryl/α,β-unsaturated/α-hetero) is 1. The number of amides is 1. The van der Waals surface area contributed by atoms with E-state index in [1.807, 2.05) is 42.7 Å². The molecule has 0 spiro atoms. The van der Waals surface area contributed by atoms with Crippen LogP contribution in [0.3, 0.4) is 0 Å². The Kier molecular flexibility index (Phi) is 8.80. The van der Waals surface area contributed by atoms with Crippen LogP contribution >= 0.6 is 0 Å². The minimum Gasteiger partial charge on any atom is -0.385 e. The van der Waals surface area contributed by atoms with Crippen LogP contribution in [0.25, 0.3) is 11.0 Å². The minimum absolute atomic E-state index is 0.0284. The molecular weight excluding hydrogens is 422 g/mol. The van der Waals surface area contributed by atoms with Crippen LogP contribution in [-0.4, -0.2) is 65.2 Å². The second-order valence-corrected chi connectivity index (χ2v) is 8.77. The highest BCUT2D eigenvalue weighted by Gasteiger charge is 2.32. The van der Waals surface area contributed by atoms with Crippen molar-refractivity contribution >= 4 is 22.9 Å². The lowest BCUT2D eigenvalue weighted by molar-refractivity contribution is 0.0867. The van der Waals surface area contributed by atoms with E-state index in [1.54, 1.807) is 7.11 Å². The van der Waals surface area contributed by atoms with Crippen LogP contribution in [0.4, 0.5) is 4.79 Å². The maximum Gasteiger partial charge on any atom is 0.425 e. The zero-order chi connectivity index (χ0) is 23.8. The maximum atomic E-state index is 13.7. The number of fused-ring (bicyclic) bond motifs is 1. The van der Waals surface area contributed by atoms with Crippen molar-refractivity contribution in [2.45, 2.75) is 58.2 Å². The highest BCUT2D eigenvalue weighted by atomic mass is 16.5. The maximum absolute atomic E-state index is 13.7. The lowest BCUT2D eigenvalue weighted by Gasteiger charge is -2.34. The third-order valence-electron chi connectivity index (χ3n) is 6.03. The van der Waals surface area contributed by atoms with E-state index in [1.165, 1.54) is 11.2 Å². The zero-order valence-corrected chi connectivity index (χ0v) is 19.6. The van der Waals surface area contributed by atoms with E-state index >= 15 is 0 Å². The van der Waals surface area contributed by atoms with E-state index in [2.05, 4.69) is 10.1 Å². The van der Waals surface area contributed by atoms with Crippen LogP contribution in [0.1, 0.15) is 50.1 Å². The van der Waals surface area contributed by atoms with Gasteiger partial charge in [0.15, 0.2) is 5.82 Å². The van der Waals surface area contributed by atoms with E-state index in [9.17, 15) is 9.59 Å². The van der Waals surface area contributed by atoms with Crippen molar-refractivity contribution in [2.24, 2.45) is 5.92 Å². The molecule has 0 radical (unpaired) electrons. The van der Waals surface area contributed by atoms with Crippen LogP contribution in [0.15, 0.2) is 24.3 Å². The summed E-state index contributed by atoms with van der Waals surface area (Å²) < 4.78 is 11.7. The number of ether oxygens (including phenoxy) is 2. The zero-order valence-electron chi connectivity index (χ0n) is 19.6. The fourth-order valence-electron chi connectivity index (χ4n) is 4.35. The number of rotatable bonds is 10. The van der Waals surface area contributed by atoms with E-state index in [-0.39, 0.29) is 17.7 Å². The van der Waals surface area contributed by atoms with E-state index < -0.39 is 12.1 Å². The van der Waals surface area contributed by atoms with Crippen LogP contribution in [-0.2, 0) is 16.0 Å². The monoisotopic (exact) mass is 455 g/mol. The molecule has 0 saturated carbocycles. The van der Waals surface area contributed by atoms with Crippen LogP contribution < -0.4 is 5.32 Å². The SMILES string of the molecule is COCCCCn1c(C(=O)C(NC2CCCN(C(=O)OC#N)C2)C(C)C)nc2ccccc21. The van der Waals surface area contributed by atoms with E-state index in [4.69, 9.17) is 15.0 Å². The standard InChI is InChI=1S/C24H33N5O4/c1-17(2)21(26-18-9-8-12-28(15-18)24(31)33-16-25)22(30)23-27-19-10-4-5-11-20(19)29(23)13-6-7-14-32-3/h4-5,10-11,17-18,21,26H,6-9,12-15H2,1-3H3. The molecule has 1 aliphatic rings. The number of carbonyl (C=O) groups is 2. The van der Waals surface area contributed by atoms with Gasteiger partial charge < -0.3 is 24.3 Å². The Bertz CT molecular complexity index is 996. The lowest BCUT2D eigenvalue weighted by atomic mass is 9.96. The summed E-state index contributed by atoms with van der Waals surface area (Å²) in [4.78, 5) is 31.9. The van der Waals surface area contributed by atoms with Gasteiger partial charge in [0.05, 0.1) is 17.1 Å². The Balaban J connectivity index is 1.80. The van der Waals surface area contributed by atoms with Gasteiger partial charge in [-0.1, -0.05) is 26.0 Å². The number of piperidine rings is 1. The Morgan fingerprint density at radius 2 is 2.09 bits per heavy atom. The highest BCUT2D eigenvalue weighted by molar-refractivity contribution is 6.00. The van der Waals surface area contributed by atoms with Gasteiger partial charge in [0.1, 0.15) is 0 Å². The number of ketones is 1. The number of likely N-dealkylation sites (tertiary alicyclic amines) is 1.